The molecule has 2 amide bonds. The fraction of sp³-hybridized carbons (Fsp3) is 0.318. The summed E-state index contributed by atoms with van der Waals surface area (Å²) in [5.41, 5.74) is 3.26. The van der Waals surface area contributed by atoms with Crippen molar-refractivity contribution in [3.8, 4) is 0 Å². The van der Waals surface area contributed by atoms with Crippen LogP contribution in [0.15, 0.2) is 42.6 Å². The van der Waals surface area contributed by atoms with Gasteiger partial charge in [-0.15, -0.1) is 0 Å². The third-order valence-electron chi connectivity index (χ3n) is 6.18. The van der Waals surface area contributed by atoms with Crippen molar-refractivity contribution in [2.45, 2.75) is 25.9 Å². The molecule has 2 aliphatic heterocycles. The number of rotatable bonds is 3. The Bertz CT molecular complexity index is 1200. The monoisotopic (exact) mass is 419 g/mol. The summed E-state index contributed by atoms with van der Waals surface area (Å²) in [5, 5.41) is 18.8. The van der Waals surface area contributed by atoms with Crippen molar-refractivity contribution in [1.29, 1.82) is 0 Å². The minimum absolute atomic E-state index is 0.00152. The minimum atomic E-state index is -0.420. The number of nitro benzene ring substituents is 1. The van der Waals surface area contributed by atoms with Crippen LogP contribution in [0.5, 0.6) is 0 Å². The van der Waals surface area contributed by atoms with Crippen LogP contribution < -0.4 is 0 Å². The number of carbonyl (C=O) groups is 2. The number of likely N-dealkylation sites (tertiary alicyclic amines) is 1. The highest BCUT2D eigenvalue weighted by Gasteiger charge is 2.34. The maximum Gasteiger partial charge on any atom is 0.269 e. The van der Waals surface area contributed by atoms with Crippen LogP contribution in [-0.4, -0.2) is 49.8 Å². The fourth-order valence-corrected chi connectivity index (χ4v) is 4.53. The number of nitrogens with zero attached hydrogens (tertiary/aromatic N) is 4. The molecule has 3 aromatic rings. The lowest BCUT2D eigenvalue weighted by Crippen LogP contribution is -2.45. The molecule has 5 rings (SSSR count). The van der Waals surface area contributed by atoms with Crippen LogP contribution in [0.3, 0.4) is 0 Å². The second-order valence-corrected chi connectivity index (χ2v) is 8.17. The average molecular weight is 419 g/mol. The van der Waals surface area contributed by atoms with E-state index in [-0.39, 0.29) is 23.4 Å². The first-order valence-electron chi connectivity index (χ1n) is 10.3. The highest BCUT2D eigenvalue weighted by Crippen LogP contribution is 2.30. The van der Waals surface area contributed by atoms with Crippen molar-refractivity contribution in [2.24, 2.45) is 5.92 Å². The quantitative estimate of drug-likeness (QED) is 0.518. The molecular formula is C22H21N5O4. The van der Waals surface area contributed by atoms with Crippen molar-refractivity contribution in [1.82, 2.24) is 20.0 Å². The first-order chi connectivity index (χ1) is 15.0. The molecule has 1 unspecified atom stereocenters. The van der Waals surface area contributed by atoms with Gasteiger partial charge in [-0.2, -0.15) is 5.10 Å². The van der Waals surface area contributed by atoms with Crippen LogP contribution in [0.2, 0.25) is 0 Å². The molecule has 0 bridgehead atoms. The highest BCUT2D eigenvalue weighted by atomic mass is 16.6. The Kier molecular flexibility index (Phi) is 4.65. The summed E-state index contributed by atoms with van der Waals surface area (Å²) >= 11 is 0. The minimum Gasteiger partial charge on any atom is -0.338 e. The topological polar surface area (TPSA) is 112 Å². The molecule has 1 saturated heterocycles. The second-order valence-electron chi connectivity index (χ2n) is 8.17. The number of fused-ring (bicyclic) bond motifs is 2. The molecule has 1 N–H and O–H groups in total. The zero-order valence-electron chi connectivity index (χ0n) is 16.8. The Morgan fingerprint density at radius 3 is 2.77 bits per heavy atom. The summed E-state index contributed by atoms with van der Waals surface area (Å²) in [6.07, 6.45) is 3.18. The zero-order valence-corrected chi connectivity index (χ0v) is 16.8. The van der Waals surface area contributed by atoms with Gasteiger partial charge in [0, 0.05) is 49.3 Å². The number of benzene rings is 2. The van der Waals surface area contributed by atoms with E-state index in [9.17, 15) is 19.7 Å². The molecule has 1 atom stereocenters. The van der Waals surface area contributed by atoms with Gasteiger partial charge in [0.15, 0.2) is 0 Å². The average Bonchev–Trinajstić information content (AvgIpc) is 3.43. The molecule has 1 aromatic heterocycles. The van der Waals surface area contributed by atoms with Crippen LogP contribution >= 0.6 is 0 Å². The SMILES string of the molecule is O=C(c1ccc2[nH]ncc2c1)N1CCCC(C(=O)N2Cc3ccc([N+](=O)[O-])cc3C2)C1. The molecule has 158 valence electrons. The Hall–Kier alpha value is -3.75. The molecule has 1 fully saturated rings. The largest absolute Gasteiger partial charge is 0.338 e. The van der Waals surface area contributed by atoms with Gasteiger partial charge in [0.25, 0.3) is 11.6 Å². The lowest BCUT2D eigenvalue weighted by atomic mass is 9.95. The van der Waals surface area contributed by atoms with E-state index >= 15 is 0 Å². The Morgan fingerprint density at radius 1 is 1.10 bits per heavy atom. The number of H-pyrrole nitrogens is 1. The van der Waals surface area contributed by atoms with E-state index < -0.39 is 4.92 Å². The molecule has 0 radical (unpaired) electrons. The van der Waals surface area contributed by atoms with Gasteiger partial charge in [-0.25, -0.2) is 0 Å². The van der Waals surface area contributed by atoms with E-state index in [4.69, 9.17) is 0 Å². The van der Waals surface area contributed by atoms with Crippen LogP contribution in [0, 0.1) is 16.0 Å². The maximum absolute atomic E-state index is 13.2. The summed E-state index contributed by atoms with van der Waals surface area (Å²) < 4.78 is 0. The van der Waals surface area contributed by atoms with Crippen molar-refractivity contribution in [3.05, 3.63) is 69.4 Å². The molecular weight excluding hydrogens is 398 g/mol. The molecule has 3 heterocycles. The lowest BCUT2D eigenvalue weighted by molar-refractivity contribution is -0.384. The number of aromatic amines is 1. The van der Waals surface area contributed by atoms with E-state index in [1.807, 2.05) is 12.1 Å². The summed E-state index contributed by atoms with van der Waals surface area (Å²) in [5.74, 6) is -0.345. The van der Waals surface area contributed by atoms with E-state index in [2.05, 4.69) is 10.2 Å². The number of non-ortho nitro benzene ring substituents is 1. The molecule has 31 heavy (non-hydrogen) atoms. The predicted octanol–water partition coefficient (Wildman–Crippen LogP) is 2.87. The van der Waals surface area contributed by atoms with Crippen LogP contribution in [0.25, 0.3) is 10.9 Å². The number of nitrogens with one attached hydrogen (secondary N) is 1. The Morgan fingerprint density at radius 2 is 1.94 bits per heavy atom. The van der Waals surface area contributed by atoms with E-state index in [1.165, 1.54) is 6.07 Å². The number of piperidine rings is 1. The smallest absolute Gasteiger partial charge is 0.269 e. The van der Waals surface area contributed by atoms with Crippen molar-refractivity contribution in [3.63, 3.8) is 0 Å². The standard InChI is InChI=1S/C22H21N5O4/c28-21(14-4-6-20-17(8-14)10-23-24-20)25-7-1-2-16(12-25)22(29)26-11-15-3-5-19(27(30)31)9-18(15)13-26/h3-6,8-10,16H,1-2,7,11-13H2,(H,23,24). The summed E-state index contributed by atoms with van der Waals surface area (Å²) in [4.78, 5) is 40.3. The van der Waals surface area contributed by atoms with E-state index in [0.29, 0.717) is 31.7 Å². The lowest BCUT2D eigenvalue weighted by Gasteiger charge is -2.34. The zero-order chi connectivity index (χ0) is 21.5. The maximum atomic E-state index is 13.2. The molecule has 9 heteroatoms. The van der Waals surface area contributed by atoms with Crippen LogP contribution in [0.1, 0.15) is 34.3 Å². The van der Waals surface area contributed by atoms with Gasteiger partial charge in [0.05, 0.1) is 22.6 Å². The molecule has 0 spiro atoms. The molecule has 0 saturated carbocycles. The molecule has 2 aliphatic rings. The van der Waals surface area contributed by atoms with Crippen molar-refractivity contribution >= 4 is 28.4 Å². The normalized spacial score (nSPS) is 18.3. The van der Waals surface area contributed by atoms with E-state index in [1.54, 1.807) is 34.2 Å². The number of nitro groups is 1. The van der Waals surface area contributed by atoms with Gasteiger partial charge < -0.3 is 9.80 Å². The van der Waals surface area contributed by atoms with Crippen molar-refractivity contribution in [2.75, 3.05) is 13.1 Å². The third kappa shape index (κ3) is 3.52. The third-order valence-corrected chi connectivity index (χ3v) is 6.18. The highest BCUT2D eigenvalue weighted by molar-refractivity contribution is 5.98. The summed E-state index contributed by atoms with van der Waals surface area (Å²) in [6, 6.07) is 10.2. The summed E-state index contributed by atoms with van der Waals surface area (Å²) in [7, 11) is 0. The van der Waals surface area contributed by atoms with Crippen molar-refractivity contribution < 1.29 is 14.5 Å². The van der Waals surface area contributed by atoms with Gasteiger partial charge in [0.2, 0.25) is 5.91 Å². The molecule has 9 nitrogen and oxygen atoms in total. The molecule has 2 aromatic carbocycles. The molecule has 0 aliphatic carbocycles. The number of amides is 2. The second kappa shape index (κ2) is 7.50. The number of aromatic nitrogens is 2. The van der Waals surface area contributed by atoms with Crippen LogP contribution in [0.4, 0.5) is 5.69 Å². The Balaban J connectivity index is 1.28. The van der Waals surface area contributed by atoms with Gasteiger partial charge in [-0.3, -0.25) is 24.8 Å². The van der Waals surface area contributed by atoms with Crippen LogP contribution in [-0.2, 0) is 17.9 Å². The number of hydrogen-bond donors (Lipinski definition) is 1. The van der Waals surface area contributed by atoms with Gasteiger partial charge in [0.1, 0.15) is 0 Å². The Labute approximate surface area is 177 Å². The first kappa shape index (κ1) is 19.2. The summed E-state index contributed by atoms with van der Waals surface area (Å²) in [6.45, 7) is 1.83. The van der Waals surface area contributed by atoms with E-state index in [0.717, 1.165) is 34.9 Å². The number of carbonyl (C=O) groups excluding carboxylic acids is 2. The fourth-order valence-electron chi connectivity index (χ4n) is 4.53. The predicted molar refractivity (Wildman–Crippen MR) is 112 cm³/mol. The van der Waals surface area contributed by atoms with Gasteiger partial charge in [-0.05, 0) is 42.2 Å². The van der Waals surface area contributed by atoms with Gasteiger partial charge in [-0.1, -0.05) is 6.07 Å². The van der Waals surface area contributed by atoms with Gasteiger partial charge >= 0.3 is 0 Å². The number of hydrogen-bond acceptors (Lipinski definition) is 5. The first-order valence-corrected chi connectivity index (χ1v) is 10.3.